The van der Waals surface area contributed by atoms with Crippen molar-refractivity contribution < 1.29 is 9.21 Å². The molecule has 1 N–H and O–H groups in total. The van der Waals surface area contributed by atoms with E-state index in [1.807, 2.05) is 0 Å². The van der Waals surface area contributed by atoms with E-state index in [1.165, 1.54) is 6.08 Å². The van der Waals surface area contributed by atoms with Crippen LogP contribution in [0.2, 0.25) is 0 Å². The summed E-state index contributed by atoms with van der Waals surface area (Å²) in [6.07, 6.45) is 4.63. The van der Waals surface area contributed by atoms with Gasteiger partial charge in [-0.15, -0.1) is 6.58 Å². The fourth-order valence-electron chi connectivity index (χ4n) is 0.807. The number of amides is 1. The number of rotatable bonds is 4. The highest BCUT2D eigenvalue weighted by Gasteiger charge is 1.96. The van der Waals surface area contributed by atoms with Crippen LogP contribution in [-0.4, -0.2) is 12.5 Å². The zero-order valence-corrected chi connectivity index (χ0v) is 9.08. The topological polar surface area (TPSA) is 42.2 Å². The molecule has 1 heterocycles. The van der Waals surface area contributed by atoms with Crippen molar-refractivity contribution in [3.8, 4) is 0 Å². The van der Waals surface area contributed by atoms with Crippen molar-refractivity contribution in [3.63, 3.8) is 0 Å². The lowest BCUT2D eigenvalue weighted by Crippen LogP contribution is -2.20. The van der Waals surface area contributed by atoms with Gasteiger partial charge in [-0.3, -0.25) is 4.79 Å². The van der Waals surface area contributed by atoms with Crippen molar-refractivity contribution in [2.24, 2.45) is 0 Å². The van der Waals surface area contributed by atoms with Crippen LogP contribution in [0.4, 0.5) is 0 Å². The third-order valence-corrected chi connectivity index (χ3v) is 1.84. The number of hydrogen-bond donors (Lipinski definition) is 1. The second-order valence-corrected chi connectivity index (χ2v) is 3.29. The van der Waals surface area contributed by atoms with E-state index in [9.17, 15) is 4.79 Å². The summed E-state index contributed by atoms with van der Waals surface area (Å²) in [6.45, 7) is 3.95. The molecule has 1 amide bonds. The molecule has 0 radical (unpaired) electrons. The predicted octanol–water partition coefficient (Wildman–Crippen LogP) is 2.36. The van der Waals surface area contributed by atoms with E-state index in [0.29, 0.717) is 17.0 Å². The Bertz CT molecular complexity index is 355. The van der Waals surface area contributed by atoms with Gasteiger partial charge in [-0.1, -0.05) is 6.08 Å². The highest BCUT2D eigenvalue weighted by Crippen LogP contribution is 2.14. The van der Waals surface area contributed by atoms with E-state index >= 15 is 0 Å². The second-order valence-electron chi connectivity index (χ2n) is 2.51. The van der Waals surface area contributed by atoms with Gasteiger partial charge >= 0.3 is 0 Å². The first-order valence-electron chi connectivity index (χ1n) is 4.04. The van der Waals surface area contributed by atoms with Crippen LogP contribution in [0.1, 0.15) is 5.76 Å². The van der Waals surface area contributed by atoms with Crippen molar-refractivity contribution >= 4 is 27.9 Å². The molecule has 3 nitrogen and oxygen atoms in total. The molecule has 0 unspecified atom stereocenters. The monoisotopic (exact) mass is 255 g/mol. The average molecular weight is 256 g/mol. The fraction of sp³-hybridized carbons (Fsp3) is 0.100. The number of furan rings is 1. The van der Waals surface area contributed by atoms with Crippen LogP contribution >= 0.6 is 15.9 Å². The van der Waals surface area contributed by atoms with E-state index in [2.05, 4.69) is 27.8 Å². The number of halogens is 1. The zero-order valence-electron chi connectivity index (χ0n) is 7.50. The fourth-order valence-corrected chi connectivity index (χ4v) is 1.13. The molecule has 1 aromatic rings. The van der Waals surface area contributed by atoms with Gasteiger partial charge in [0.25, 0.3) is 0 Å². The quantitative estimate of drug-likeness (QED) is 0.663. The van der Waals surface area contributed by atoms with E-state index in [4.69, 9.17) is 4.42 Å². The summed E-state index contributed by atoms with van der Waals surface area (Å²) < 4.78 is 5.81. The zero-order chi connectivity index (χ0) is 10.4. The lowest BCUT2D eigenvalue weighted by molar-refractivity contribution is -0.116. The maximum atomic E-state index is 11.1. The van der Waals surface area contributed by atoms with Gasteiger partial charge in [0.05, 0.1) is 0 Å². The van der Waals surface area contributed by atoms with Gasteiger partial charge in [-0.2, -0.15) is 0 Å². The van der Waals surface area contributed by atoms with Gasteiger partial charge in [0.1, 0.15) is 5.76 Å². The molecular formula is C10H10BrNO2. The number of nitrogens with one attached hydrogen (secondary N) is 1. The lowest BCUT2D eigenvalue weighted by Gasteiger charge is -1.93. The molecular weight excluding hydrogens is 246 g/mol. The summed E-state index contributed by atoms with van der Waals surface area (Å²) in [6, 6.07) is 3.53. The Morgan fingerprint density at radius 1 is 1.64 bits per heavy atom. The Morgan fingerprint density at radius 3 is 3.00 bits per heavy atom. The summed E-state index contributed by atoms with van der Waals surface area (Å²) in [7, 11) is 0. The van der Waals surface area contributed by atoms with E-state index < -0.39 is 0 Å². The molecule has 1 aromatic heterocycles. The Balaban J connectivity index is 2.47. The van der Waals surface area contributed by atoms with E-state index in [0.717, 1.165) is 0 Å². The summed E-state index contributed by atoms with van der Waals surface area (Å²) >= 11 is 3.17. The molecule has 0 aromatic carbocycles. The largest absolute Gasteiger partial charge is 0.450 e. The van der Waals surface area contributed by atoms with Crippen molar-refractivity contribution in [2.45, 2.75) is 0 Å². The Kier molecular flexibility index (Phi) is 4.19. The van der Waals surface area contributed by atoms with Crippen LogP contribution < -0.4 is 5.32 Å². The van der Waals surface area contributed by atoms with Gasteiger partial charge < -0.3 is 9.73 Å². The Hall–Kier alpha value is -1.29. The normalized spacial score (nSPS) is 10.4. The predicted molar refractivity (Wildman–Crippen MR) is 58.6 cm³/mol. The minimum atomic E-state index is -0.169. The molecule has 0 saturated carbocycles. The summed E-state index contributed by atoms with van der Waals surface area (Å²) in [4.78, 5) is 11.1. The van der Waals surface area contributed by atoms with Gasteiger partial charge in [-0.05, 0) is 34.1 Å². The molecule has 0 aliphatic carbocycles. The second kappa shape index (κ2) is 5.44. The molecule has 0 atom stereocenters. The maximum absolute atomic E-state index is 11.1. The standard InChI is InChI=1S/C10H10BrNO2/c1-2-7-12-10(13)6-4-8-3-5-9(11)14-8/h2-6H,1,7H2,(H,12,13)/b6-4+. The third-order valence-electron chi connectivity index (χ3n) is 1.41. The van der Waals surface area contributed by atoms with E-state index in [1.54, 1.807) is 24.3 Å². The van der Waals surface area contributed by atoms with Crippen LogP contribution in [0.5, 0.6) is 0 Å². The molecule has 0 aliphatic heterocycles. The molecule has 0 spiro atoms. The molecule has 0 bridgehead atoms. The highest BCUT2D eigenvalue weighted by atomic mass is 79.9. The SMILES string of the molecule is C=CCNC(=O)/C=C/c1ccc(Br)o1. The van der Waals surface area contributed by atoms with Gasteiger partial charge in [0.15, 0.2) is 4.67 Å². The van der Waals surface area contributed by atoms with Crippen molar-refractivity contribution in [1.29, 1.82) is 0 Å². The number of hydrogen-bond acceptors (Lipinski definition) is 2. The first-order valence-corrected chi connectivity index (χ1v) is 4.84. The van der Waals surface area contributed by atoms with Crippen LogP contribution in [0.15, 0.2) is 40.0 Å². The van der Waals surface area contributed by atoms with Crippen LogP contribution in [0, 0.1) is 0 Å². The number of carbonyl (C=O) groups excluding carboxylic acids is 1. The molecule has 0 saturated heterocycles. The van der Waals surface area contributed by atoms with Crippen LogP contribution in [-0.2, 0) is 4.79 Å². The molecule has 1 rings (SSSR count). The highest BCUT2D eigenvalue weighted by molar-refractivity contribution is 9.10. The minimum Gasteiger partial charge on any atom is -0.450 e. The van der Waals surface area contributed by atoms with Crippen LogP contribution in [0.25, 0.3) is 6.08 Å². The smallest absolute Gasteiger partial charge is 0.244 e. The Morgan fingerprint density at radius 2 is 2.43 bits per heavy atom. The van der Waals surface area contributed by atoms with Crippen LogP contribution in [0.3, 0.4) is 0 Å². The van der Waals surface area contributed by atoms with Gasteiger partial charge in [-0.25, -0.2) is 0 Å². The molecule has 74 valence electrons. The van der Waals surface area contributed by atoms with Gasteiger partial charge in [0.2, 0.25) is 5.91 Å². The maximum Gasteiger partial charge on any atom is 0.244 e. The minimum absolute atomic E-state index is 0.169. The molecule has 0 aliphatic rings. The molecule has 0 fully saturated rings. The summed E-state index contributed by atoms with van der Waals surface area (Å²) in [5, 5.41) is 2.61. The molecule has 14 heavy (non-hydrogen) atoms. The lowest BCUT2D eigenvalue weighted by atomic mass is 10.4. The van der Waals surface area contributed by atoms with E-state index in [-0.39, 0.29) is 5.91 Å². The van der Waals surface area contributed by atoms with Crippen molar-refractivity contribution in [1.82, 2.24) is 5.32 Å². The van der Waals surface area contributed by atoms with Crippen molar-refractivity contribution in [3.05, 3.63) is 41.3 Å². The first-order chi connectivity index (χ1) is 6.72. The third kappa shape index (κ3) is 3.62. The average Bonchev–Trinajstić information content (AvgIpc) is 2.58. The number of carbonyl (C=O) groups is 1. The summed E-state index contributed by atoms with van der Waals surface area (Å²) in [5.41, 5.74) is 0. The summed E-state index contributed by atoms with van der Waals surface area (Å²) in [5.74, 6) is 0.461. The molecule has 4 heteroatoms. The Labute approximate surface area is 90.6 Å². The van der Waals surface area contributed by atoms with Gasteiger partial charge in [0, 0.05) is 12.6 Å². The van der Waals surface area contributed by atoms with Crippen molar-refractivity contribution in [2.75, 3.05) is 6.54 Å². The first kappa shape index (κ1) is 10.8.